The lowest BCUT2D eigenvalue weighted by Crippen LogP contribution is -2.42. The van der Waals surface area contributed by atoms with Gasteiger partial charge >= 0.3 is 0 Å². The van der Waals surface area contributed by atoms with E-state index in [1.165, 1.54) is 9.35 Å². The normalized spacial score (nSPS) is 13.2. The van der Waals surface area contributed by atoms with Crippen LogP contribution in [0.3, 0.4) is 0 Å². The quantitative estimate of drug-likeness (QED) is 0.796. The second-order valence-corrected chi connectivity index (χ2v) is 5.97. The highest BCUT2D eigenvalue weighted by Gasteiger charge is 2.14. The Bertz CT molecular complexity index is 319. The van der Waals surface area contributed by atoms with Gasteiger partial charge in [-0.05, 0) is 35.6 Å². The number of halogens is 1. The maximum atomic E-state index is 5.28. The van der Waals surface area contributed by atoms with E-state index >= 15 is 0 Å². The average Bonchev–Trinajstić information content (AvgIpc) is 2.70. The highest BCUT2D eigenvalue weighted by molar-refractivity contribution is 9.10. The number of rotatable bonds is 8. The van der Waals surface area contributed by atoms with Crippen molar-refractivity contribution in [3.63, 3.8) is 0 Å². The molecule has 0 aliphatic rings. The molecule has 1 rings (SSSR count). The first-order chi connectivity index (χ1) is 8.17. The van der Waals surface area contributed by atoms with Crippen LogP contribution in [0.4, 0.5) is 0 Å². The Balaban J connectivity index is 2.48. The largest absolute Gasteiger partial charge is 0.383 e. The van der Waals surface area contributed by atoms with Gasteiger partial charge in [-0.3, -0.25) is 4.90 Å². The second kappa shape index (κ2) is 8.21. The minimum absolute atomic E-state index is 0.417. The van der Waals surface area contributed by atoms with Crippen molar-refractivity contribution in [2.24, 2.45) is 0 Å². The number of nitrogens with zero attached hydrogens (tertiary/aromatic N) is 1. The SMILES string of the molecule is CCNCC(COC)N(C)Cc1cc(Br)cs1. The molecule has 5 heteroatoms. The molecule has 1 N–H and O–H groups in total. The van der Waals surface area contributed by atoms with Gasteiger partial charge < -0.3 is 10.1 Å². The smallest absolute Gasteiger partial charge is 0.0630 e. The Kier molecular flexibility index (Phi) is 7.30. The van der Waals surface area contributed by atoms with E-state index in [2.05, 4.69) is 51.6 Å². The highest BCUT2D eigenvalue weighted by Crippen LogP contribution is 2.21. The minimum atomic E-state index is 0.417. The van der Waals surface area contributed by atoms with Crippen LogP contribution in [0.25, 0.3) is 0 Å². The Hall–Kier alpha value is 0.0600. The van der Waals surface area contributed by atoms with E-state index in [1.807, 2.05) is 0 Å². The first-order valence-electron chi connectivity index (χ1n) is 5.80. The van der Waals surface area contributed by atoms with Crippen molar-refractivity contribution in [3.05, 3.63) is 20.8 Å². The van der Waals surface area contributed by atoms with E-state index in [1.54, 1.807) is 18.4 Å². The Morgan fingerprint density at radius 3 is 2.88 bits per heavy atom. The third-order valence-electron chi connectivity index (χ3n) is 2.64. The van der Waals surface area contributed by atoms with E-state index in [-0.39, 0.29) is 0 Å². The van der Waals surface area contributed by atoms with Gasteiger partial charge in [0, 0.05) is 41.0 Å². The van der Waals surface area contributed by atoms with Crippen LogP contribution in [0.1, 0.15) is 11.8 Å². The topological polar surface area (TPSA) is 24.5 Å². The molecular formula is C12H21BrN2OS. The van der Waals surface area contributed by atoms with Crippen molar-refractivity contribution in [2.45, 2.75) is 19.5 Å². The summed E-state index contributed by atoms with van der Waals surface area (Å²) in [6, 6.07) is 2.60. The Morgan fingerprint density at radius 2 is 2.35 bits per heavy atom. The van der Waals surface area contributed by atoms with Gasteiger partial charge in [-0.25, -0.2) is 0 Å². The third-order valence-corrected chi connectivity index (χ3v) is 4.32. The third kappa shape index (κ3) is 5.48. The molecule has 0 aliphatic heterocycles. The number of hydrogen-bond donors (Lipinski definition) is 1. The number of thiophene rings is 1. The molecule has 1 atom stereocenters. The molecule has 0 saturated heterocycles. The molecule has 1 heterocycles. The molecule has 98 valence electrons. The van der Waals surface area contributed by atoms with E-state index in [9.17, 15) is 0 Å². The molecule has 3 nitrogen and oxygen atoms in total. The van der Waals surface area contributed by atoms with Crippen molar-refractivity contribution in [3.8, 4) is 0 Å². The Morgan fingerprint density at radius 1 is 1.59 bits per heavy atom. The van der Waals surface area contributed by atoms with Gasteiger partial charge in [-0.1, -0.05) is 6.92 Å². The summed E-state index contributed by atoms with van der Waals surface area (Å²) in [5, 5.41) is 5.50. The van der Waals surface area contributed by atoms with Crippen LogP contribution in [-0.2, 0) is 11.3 Å². The number of methoxy groups -OCH3 is 1. The number of nitrogens with one attached hydrogen (secondary N) is 1. The van der Waals surface area contributed by atoms with Gasteiger partial charge in [-0.15, -0.1) is 11.3 Å². The van der Waals surface area contributed by atoms with Crippen LogP contribution in [-0.4, -0.2) is 44.8 Å². The van der Waals surface area contributed by atoms with Crippen molar-refractivity contribution < 1.29 is 4.74 Å². The fourth-order valence-electron chi connectivity index (χ4n) is 1.66. The van der Waals surface area contributed by atoms with Crippen LogP contribution in [0.15, 0.2) is 15.9 Å². The van der Waals surface area contributed by atoms with Crippen molar-refractivity contribution >= 4 is 27.3 Å². The zero-order chi connectivity index (χ0) is 12.7. The summed E-state index contributed by atoms with van der Waals surface area (Å²) < 4.78 is 6.45. The van der Waals surface area contributed by atoms with Crippen molar-refractivity contribution in [1.82, 2.24) is 10.2 Å². The molecule has 1 aromatic heterocycles. The van der Waals surface area contributed by atoms with Crippen LogP contribution >= 0.6 is 27.3 Å². The first kappa shape index (κ1) is 15.1. The average molecular weight is 321 g/mol. The lowest BCUT2D eigenvalue weighted by molar-refractivity contribution is 0.102. The first-order valence-corrected chi connectivity index (χ1v) is 7.47. The Labute approximate surface area is 116 Å². The standard InChI is InChI=1S/C12H21BrN2OS/c1-4-14-6-11(8-16-3)15(2)7-12-5-10(13)9-17-12/h5,9,11,14H,4,6-8H2,1-3H3. The van der Waals surface area contributed by atoms with E-state index in [0.717, 1.165) is 26.2 Å². The summed E-state index contributed by atoms with van der Waals surface area (Å²) in [6.45, 7) is 5.82. The summed E-state index contributed by atoms with van der Waals surface area (Å²) in [5.41, 5.74) is 0. The van der Waals surface area contributed by atoms with Crippen LogP contribution in [0.5, 0.6) is 0 Å². The highest BCUT2D eigenvalue weighted by atomic mass is 79.9. The molecule has 0 fully saturated rings. The molecule has 0 aromatic carbocycles. The number of likely N-dealkylation sites (N-methyl/N-ethyl adjacent to an activating group) is 2. The second-order valence-electron chi connectivity index (χ2n) is 4.06. The molecule has 0 bridgehead atoms. The summed E-state index contributed by atoms with van der Waals surface area (Å²) in [6.07, 6.45) is 0. The molecule has 1 unspecified atom stereocenters. The number of hydrogen-bond acceptors (Lipinski definition) is 4. The molecule has 0 aliphatic carbocycles. The van der Waals surface area contributed by atoms with Crippen LogP contribution in [0.2, 0.25) is 0 Å². The van der Waals surface area contributed by atoms with Gasteiger partial charge in [0.1, 0.15) is 0 Å². The maximum absolute atomic E-state index is 5.28. The molecule has 0 radical (unpaired) electrons. The van der Waals surface area contributed by atoms with Gasteiger partial charge in [0.25, 0.3) is 0 Å². The predicted molar refractivity (Wildman–Crippen MR) is 77.7 cm³/mol. The minimum Gasteiger partial charge on any atom is -0.383 e. The van der Waals surface area contributed by atoms with E-state index < -0.39 is 0 Å². The fraction of sp³-hybridized carbons (Fsp3) is 0.667. The van der Waals surface area contributed by atoms with Gasteiger partial charge in [0.2, 0.25) is 0 Å². The van der Waals surface area contributed by atoms with Crippen molar-refractivity contribution in [2.75, 3.05) is 33.9 Å². The molecular weight excluding hydrogens is 300 g/mol. The molecule has 1 aromatic rings. The lowest BCUT2D eigenvalue weighted by atomic mass is 10.2. The summed E-state index contributed by atoms with van der Waals surface area (Å²) in [4.78, 5) is 3.71. The lowest BCUT2D eigenvalue weighted by Gasteiger charge is -2.27. The van der Waals surface area contributed by atoms with E-state index in [4.69, 9.17) is 4.74 Å². The van der Waals surface area contributed by atoms with Gasteiger partial charge in [0.05, 0.1) is 6.61 Å². The summed E-state index contributed by atoms with van der Waals surface area (Å²) in [5.74, 6) is 0. The van der Waals surface area contributed by atoms with Gasteiger partial charge in [-0.2, -0.15) is 0 Å². The monoisotopic (exact) mass is 320 g/mol. The maximum Gasteiger partial charge on any atom is 0.0630 e. The predicted octanol–water partition coefficient (Wildman–Crippen LogP) is 2.57. The molecule has 0 saturated carbocycles. The molecule has 0 amide bonds. The molecule has 0 spiro atoms. The zero-order valence-electron chi connectivity index (χ0n) is 10.7. The summed E-state index contributed by atoms with van der Waals surface area (Å²) in [7, 11) is 3.91. The zero-order valence-corrected chi connectivity index (χ0v) is 13.1. The summed E-state index contributed by atoms with van der Waals surface area (Å²) >= 11 is 5.27. The van der Waals surface area contributed by atoms with E-state index in [0.29, 0.717) is 6.04 Å². The molecule has 17 heavy (non-hydrogen) atoms. The van der Waals surface area contributed by atoms with Crippen LogP contribution in [0, 0.1) is 0 Å². The fourth-order valence-corrected chi connectivity index (χ4v) is 3.17. The number of ether oxygens (including phenoxy) is 1. The van der Waals surface area contributed by atoms with Crippen molar-refractivity contribution in [1.29, 1.82) is 0 Å². The van der Waals surface area contributed by atoms with Crippen LogP contribution < -0.4 is 5.32 Å². The van der Waals surface area contributed by atoms with Gasteiger partial charge in [0.15, 0.2) is 0 Å².